The van der Waals surface area contributed by atoms with Crippen LogP contribution in [0.15, 0.2) is 16.6 Å². The number of hydrogen-bond donors (Lipinski definition) is 0. The lowest BCUT2D eigenvalue weighted by atomic mass is 9.81. The fourth-order valence-corrected chi connectivity index (χ4v) is 2.66. The molecule has 2 rings (SSSR count). The monoisotopic (exact) mass is 281 g/mol. The zero-order valence-corrected chi connectivity index (χ0v) is 11.7. The summed E-state index contributed by atoms with van der Waals surface area (Å²) in [5.74, 6) is 0.197. The SMILES string of the molecule is CCC1(C)C(=O)N(C)c2cc(Br)c(C)cc21. The lowest BCUT2D eigenvalue weighted by molar-refractivity contribution is -0.122. The molecule has 1 aliphatic rings. The van der Waals surface area contributed by atoms with Gasteiger partial charge in [-0.1, -0.05) is 28.9 Å². The first kappa shape index (κ1) is 11.6. The number of carbonyl (C=O) groups is 1. The molecule has 0 bridgehead atoms. The van der Waals surface area contributed by atoms with Gasteiger partial charge in [0, 0.05) is 17.2 Å². The summed E-state index contributed by atoms with van der Waals surface area (Å²) in [6.07, 6.45) is 0.838. The van der Waals surface area contributed by atoms with E-state index in [9.17, 15) is 4.79 Å². The van der Waals surface area contributed by atoms with Crippen LogP contribution in [-0.2, 0) is 10.2 Å². The highest BCUT2D eigenvalue weighted by Crippen LogP contribution is 2.44. The first-order chi connectivity index (χ1) is 7.41. The van der Waals surface area contributed by atoms with E-state index < -0.39 is 0 Å². The second-order valence-electron chi connectivity index (χ2n) is 4.67. The maximum Gasteiger partial charge on any atom is 0.237 e. The van der Waals surface area contributed by atoms with Gasteiger partial charge in [-0.3, -0.25) is 4.79 Å². The Morgan fingerprint density at radius 2 is 2.06 bits per heavy atom. The van der Waals surface area contributed by atoms with Crippen molar-refractivity contribution in [3.8, 4) is 0 Å². The Morgan fingerprint density at radius 1 is 1.44 bits per heavy atom. The van der Waals surface area contributed by atoms with E-state index in [4.69, 9.17) is 0 Å². The fourth-order valence-electron chi connectivity index (χ4n) is 2.33. The van der Waals surface area contributed by atoms with Gasteiger partial charge in [0.25, 0.3) is 0 Å². The first-order valence-electron chi connectivity index (χ1n) is 5.50. The van der Waals surface area contributed by atoms with E-state index in [1.54, 1.807) is 4.90 Å². The molecule has 1 unspecified atom stereocenters. The van der Waals surface area contributed by atoms with Crippen molar-refractivity contribution in [3.63, 3.8) is 0 Å². The molecule has 3 heteroatoms. The van der Waals surface area contributed by atoms with Crippen molar-refractivity contribution in [1.82, 2.24) is 0 Å². The molecular formula is C13H16BrNO. The topological polar surface area (TPSA) is 20.3 Å². The molecule has 0 radical (unpaired) electrons. The summed E-state index contributed by atoms with van der Waals surface area (Å²) in [5, 5.41) is 0. The summed E-state index contributed by atoms with van der Waals surface area (Å²) in [6, 6.07) is 4.17. The third-order valence-corrected chi connectivity index (χ3v) is 4.57. The van der Waals surface area contributed by atoms with E-state index in [0.29, 0.717) is 0 Å². The van der Waals surface area contributed by atoms with Crippen molar-refractivity contribution in [1.29, 1.82) is 0 Å². The second-order valence-corrected chi connectivity index (χ2v) is 5.52. The van der Waals surface area contributed by atoms with Crippen LogP contribution in [0.4, 0.5) is 5.69 Å². The van der Waals surface area contributed by atoms with Gasteiger partial charge in [0.2, 0.25) is 5.91 Å². The molecule has 0 aliphatic carbocycles. The van der Waals surface area contributed by atoms with E-state index in [2.05, 4.69) is 35.8 Å². The Kier molecular flexibility index (Phi) is 2.61. The van der Waals surface area contributed by atoms with Crippen LogP contribution in [0.3, 0.4) is 0 Å². The van der Waals surface area contributed by atoms with Crippen LogP contribution in [0.25, 0.3) is 0 Å². The quantitative estimate of drug-likeness (QED) is 0.773. The van der Waals surface area contributed by atoms with Gasteiger partial charge in [0.05, 0.1) is 5.41 Å². The van der Waals surface area contributed by atoms with Gasteiger partial charge in [0.1, 0.15) is 0 Å². The van der Waals surface area contributed by atoms with E-state index in [1.807, 2.05) is 20.0 Å². The number of aryl methyl sites for hydroxylation is 1. The molecule has 0 fully saturated rings. The molecule has 1 amide bonds. The van der Waals surface area contributed by atoms with Gasteiger partial charge < -0.3 is 4.90 Å². The Morgan fingerprint density at radius 3 is 2.62 bits per heavy atom. The number of nitrogens with zero attached hydrogens (tertiary/aromatic N) is 1. The average Bonchev–Trinajstić information content (AvgIpc) is 2.44. The number of likely N-dealkylation sites (N-methyl/N-ethyl adjacent to an activating group) is 1. The van der Waals surface area contributed by atoms with Crippen molar-refractivity contribution >= 4 is 27.5 Å². The predicted molar refractivity (Wildman–Crippen MR) is 69.9 cm³/mol. The van der Waals surface area contributed by atoms with Crippen LogP contribution in [-0.4, -0.2) is 13.0 Å². The first-order valence-corrected chi connectivity index (χ1v) is 6.30. The maximum atomic E-state index is 12.2. The van der Waals surface area contributed by atoms with Crippen molar-refractivity contribution in [2.75, 3.05) is 11.9 Å². The van der Waals surface area contributed by atoms with Gasteiger partial charge in [0.15, 0.2) is 0 Å². The Hall–Kier alpha value is -0.830. The van der Waals surface area contributed by atoms with E-state index in [-0.39, 0.29) is 11.3 Å². The standard InChI is InChI=1S/C13H16BrNO/c1-5-13(3)9-6-8(2)10(14)7-11(9)15(4)12(13)16/h6-7H,5H2,1-4H3. The molecule has 0 saturated heterocycles. The largest absolute Gasteiger partial charge is 0.314 e. The molecule has 2 nitrogen and oxygen atoms in total. The van der Waals surface area contributed by atoms with Crippen LogP contribution in [0.5, 0.6) is 0 Å². The number of amides is 1. The normalized spacial score (nSPS) is 23.8. The summed E-state index contributed by atoms with van der Waals surface area (Å²) in [6.45, 7) is 6.16. The second kappa shape index (κ2) is 3.59. The molecule has 1 aromatic rings. The van der Waals surface area contributed by atoms with Gasteiger partial charge in [-0.15, -0.1) is 0 Å². The van der Waals surface area contributed by atoms with Crippen molar-refractivity contribution in [2.24, 2.45) is 0 Å². The van der Waals surface area contributed by atoms with Gasteiger partial charge in [-0.05, 0) is 37.5 Å². The van der Waals surface area contributed by atoms with Crippen LogP contribution in [0.2, 0.25) is 0 Å². The number of benzene rings is 1. The summed E-state index contributed by atoms with van der Waals surface area (Å²) in [5.41, 5.74) is 3.02. The number of fused-ring (bicyclic) bond motifs is 1. The van der Waals surface area contributed by atoms with Crippen LogP contribution < -0.4 is 4.90 Å². The summed E-state index contributed by atoms with van der Waals surface area (Å²) >= 11 is 3.52. The molecule has 1 atom stereocenters. The van der Waals surface area contributed by atoms with Crippen LogP contribution in [0, 0.1) is 6.92 Å². The summed E-state index contributed by atoms with van der Waals surface area (Å²) in [7, 11) is 1.85. The van der Waals surface area contributed by atoms with Crippen LogP contribution >= 0.6 is 15.9 Å². The van der Waals surface area contributed by atoms with E-state index in [1.165, 1.54) is 5.56 Å². The Labute approximate surface area is 105 Å². The zero-order chi connectivity index (χ0) is 12.1. The minimum atomic E-state index is -0.352. The smallest absolute Gasteiger partial charge is 0.237 e. The van der Waals surface area contributed by atoms with Gasteiger partial charge in [-0.25, -0.2) is 0 Å². The number of halogens is 1. The molecule has 0 spiro atoms. The van der Waals surface area contributed by atoms with Crippen molar-refractivity contribution < 1.29 is 4.79 Å². The van der Waals surface area contributed by atoms with Gasteiger partial charge >= 0.3 is 0 Å². The number of rotatable bonds is 1. The van der Waals surface area contributed by atoms with E-state index in [0.717, 1.165) is 22.1 Å². The maximum absolute atomic E-state index is 12.2. The van der Waals surface area contributed by atoms with Crippen LogP contribution in [0.1, 0.15) is 31.4 Å². The number of hydrogen-bond acceptors (Lipinski definition) is 1. The molecule has 86 valence electrons. The van der Waals surface area contributed by atoms with Gasteiger partial charge in [-0.2, -0.15) is 0 Å². The van der Waals surface area contributed by atoms with Crippen molar-refractivity contribution in [3.05, 3.63) is 27.7 Å². The molecule has 0 N–H and O–H groups in total. The molecule has 1 aromatic carbocycles. The Balaban J connectivity index is 2.71. The third-order valence-electron chi connectivity index (χ3n) is 3.72. The molecule has 0 saturated carbocycles. The van der Waals surface area contributed by atoms with Crippen molar-refractivity contribution in [2.45, 2.75) is 32.6 Å². The number of anilines is 1. The summed E-state index contributed by atoms with van der Waals surface area (Å²) in [4.78, 5) is 14.0. The lowest BCUT2D eigenvalue weighted by Gasteiger charge is -2.21. The molecule has 1 aliphatic heterocycles. The highest BCUT2D eigenvalue weighted by atomic mass is 79.9. The molecule has 16 heavy (non-hydrogen) atoms. The zero-order valence-electron chi connectivity index (χ0n) is 10.1. The molecule has 1 heterocycles. The van der Waals surface area contributed by atoms with E-state index >= 15 is 0 Å². The average molecular weight is 282 g/mol. The minimum absolute atomic E-state index is 0.197. The predicted octanol–water partition coefficient (Wildman–Crippen LogP) is 3.40. The Bertz CT molecular complexity index is 469. The summed E-state index contributed by atoms with van der Waals surface area (Å²) < 4.78 is 1.06. The number of carbonyl (C=O) groups excluding carboxylic acids is 1. The highest BCUT2D eigenvalue weighted by molar-refractivity contribution is 9.10. The lowest BCUT2D eigenvalue weighted by Crippen LogP contribution is -2.35. The molecular weight excluding hydrogens is 266 g/mol. The third kappa shape index (κ3) is 1.34. The fraction of sp³-hybridized carbons (Fsp3) is 0.462. The molecule has 0 aromatic heterocycles. The minimum Gasteiger partial charge on any atom is -0.314 e. The highest BCUT2D eigenvalue weighted by Gasteiger charge is 2.44.